The van der Waals surface area contributed by atoms with Crippen molar-refractivity contribution in [2.24, 2.45) is 0 Å². The SMILES string of the molecule is CCNc1cc(NC(CO)(CO)CO)nc(N)n1. The van der Waals surface area contributed by atoms with E-state index in [1.807, 2.05) is 6.92 Å². The van der Waals surface area contributed by atoms with Crippen LogP contribution in [0.4, 0.5) is 17.6 Å². The molecule has 8 heteroatoms. The molecule has 1 heterocycles. The summed E-state index contributed by atoms with van der Waals surface area (Å²) in [6.07, 6.45) is 0. The molecule has 1 aromatic heterocycles. The van der Waals surface area contributed by atoms with E-state index in [1.54, 1.807) is 6.07 Å². The molecule has 0 aliphatic heterocycles. The summed E-state index contributed by atoms with van der Waals surface area (Å²) >= 11 is 0. The minimum atomic E-state index is -1.25. The number of aliphatic hydroxyl groups excluding tert-OH is 3. The van der Waals surface area contributed by atoms with Crippen molar-refractivity contribution in [2.75, 3.05) is 42.7 Å². The lowest BCUT2D eigenvalue weighted by Crippen LogP contribution is -2.49. The Kier molecular flexibility index (Phi) is 5.08. The van der Waals surface area contributed by atoms with Gasteiger partial charge in [-0.05, 0) is 6.92 Å². The lowest BCUT2D eigenvalue weighted by molar-refractivity contribution is 0.0831. The minimum absolute atomic E-state index is 0.0543. The molecule has 0 saturated heterocycles. The molecule has 0 bridgehead atoms. The lowest BCUT2D eigenvalue weighted by Gasteiger charge is -2.29. The highest BCUT2D eigenvalue weighted by molar-refractivity contribution is 5.52. The molecule has 0 fully saturated rings. The molecule has 7 N–H and O–H groups in total. The zero-order valence-corrected chi connectivity index (χ0v) is 10.2. The molecule has 8 nitrogen and oxygen atoms in total. The smallest absolute Gasteiger partial charge is 0.223 e. The highest BCUT2D eigenvalue weighted by Gasteiger charge is 2.28. The predicted molar refractivity (Wildman–Crippen MR) is 68.2 cm³/mol. The summed E-state index contributed by atoms with van der Waals surface area (Å²) in [6.45, 7) is 1.24. The Balaban J connectivity index is 2.95. The van der Waals surface area contributed by atoms with E-state index in [9.17, 15) is 15.3 Å². The van der Waals surface area contributed by atoms with Crippen LogP contribution in [0.5, 0.6) is 0 Å². The van der Waals surface area contributed by atoms with Gasteiger partial charge < -0.3 is 31.7 Å². The Hall–Kier alpha value is -1.64. The number of aromatic nitrogens is 2. The monoisotopic (exact) mass is 257 g/mol. The van der Waals surface area contributed by atoms with Crippen molar-refractivity contribution in [3.8, 4) is 0 Å². The van der Waals surface area contributed by atoms with Crippen molar-refractivity contribution < 1.29 is 15.3 Å². The van der Waals surface area contributed by atoms with E-state index in [4.69, 9.17) is 5.73 Å². The topological polar surface area (TPSA) is 137 Å². The first kappa shape index (κ1) is 14.4. The van der Waals surface area contributed by atoms with Gasteiger partial charge in [-0.15, -0.1) is 0 Å². The van der Waals surface area contributed by atoms with E-state index in [0.717, 1.165) is 0 Å². The van der Waals surface area contributed by atoms with Crippen LogP contribution in [-0.4, -0.2) is 57.2 Å². The average molecular weight is 257 g/mol. The summed E-state index contributed by atoms with van der Waals surface area (Å²) in [7, 11) is 0. The number of anilines is 3. The van der Waals surface area contributed by atoms with Gasteiger partial charge in [-0.2, -0.15) is 9.97 Å². The molecule has 0 unspecified atom stereocenters. The maximum atomic E-state index is 9.21. The molecule has 0 atom stereocenters. The summed E-state index contributed by atoms with van der Waals surface area (Å²) in [6, 6.07) is 1.58. The molecular formula is C10H19N5O3. The first-order chi connectivity index (χ1) is 8.59. The van der Waals surface area contributed by atoms with Crippen molar-refractivity contribution in [2.45, 2.75) is 12.5 Å². The molecule has 0 radical (unpaired) electrons. The van der Waals surface area contributed by atoms with Crippen molar-refractivity contribution in [1.29, 1.82) is 0 Å². The summed E-state index contributed by atoms with van der Waals surface area (Å²) in [5.74, 6) is 0.893. The molecule has 18 heavy (non-hydrogen) atoms. The third kappa shape index (κ3) is 3.42. The number of nitrogens with two attached hydrogens (primary N) is 1. The molecular weight excluding hydrogens is 238 g/mol. The number of nitrogens with zero attached hydrogens (tertiary/aromatic N) is 2. The molecule has 1 aromatic rings. The van der Waals surface area contributed by atoms with Gasteiger partial charge in [0.1, 0.15) is 17.2 Å². The molecule has 1 rings (SSSR count). The van der Waals surface area contributed by atoms with E-state index < -0.39 is 25.4 Å². The lowest BCUT2D eigenvalue weighted by atomic mass is 10.0. The number of nitrogens with one attached hydrogen (secondary N) is 2. The number of aliphatic hydroxyl groups is 3. The highest BCUT2D eigenvalue weighted by atomic mass is 16.3. The van der Waals surface area contributed by atoms with Gasteiger partial charge in [-0.25, -0.2) is 0 Å². The minimum Gasteiger partial charge on any atom is -0.394 e. The third-order valence-electron chi connectivity index (χ3n) is 2.40. The summed E-state index contributed by atoms with van der Waals surface area (Å²) < 4.78 is 0. The second-order valence-electron chi connectivity index (χ2n) is 3.91. The van der Waals surface area contributed by atoms with Crippen LogP contribution in [-0.2, 0) is 0 Å². The van der Waals surface area contributed by atoms with E-state index in [0.29, 0.717) is 18.2 Å². The Morgan fingerprint density at radius 1 is 1.17 bits per heavy atom. The Labute approximate surface area is 105 Å². The molecule has 0 aliphatic carbocycles. The molecule has 0 amide bonds. The Morgan fingerprint density at radius 2 is 1.72 bits per heavy atom. The van der Waals surface area contributed by atoms with Gasteiger partial charge in [0.2, 0.25) is 5.95 Å². The number of rotatable bonds is 7. The van der Waals surface area contributed by atoms with Gasteiger partial charge in [-0.1, -0.05) is 0 Å². The van der Waals surface area contributed by atoms with Crippen LogP contribution in [0.15, 0.2) is 6.07 Å². The van der Waals surface area contributed by atoms with Gasteiger partial charge >= 0.3 is 0 Å². The maximum absolute atomic E-state index is 9.21. The van der Waals surface area contributed by atoms with Crippen LogP contribution < -0.4 is 16.4 Å². The first-order valence-corrected chi connectivity index (χ1v) is 5.58. The van der Waals surface area contributed by atoms with E-state index >= 15 is 0 Å². The Bertz CT molecular complexity index is 376. The fraction of sp³-hybridized carbons (Fsp3) is 0.600. The van der Waals surface area contributed by atoms with E-state index in [-0.39, 0.29) is 5.95 Å². The van der Waals surface area contributed by atoms with Crippen molar-refractivity contribution in [3.05, 3.63) is 6.07 Å². The fourth-order valence-corrected chi connectivity index (χ4v) is 1.34. The second kappa shape index (κ2) is 6.34. The van der Waals surface area contributed by atoms with Gasteiger partial charge in [-0.3, -0.25) is 0 Å². The summed E-state index contributed by atoms with van der Waals surface area (Å²) in [5, 5.41) is 33.4. The quantitative estimate of drug-likeness (QED) is 0.351. The van der Waals surface area contributed by atoms with Gasteiger partial charge in [0.05, 0.1) is 19.8 Å². The normalized spacial score (nSPS) is 11.3. The molecule has 0 aliphatic rings. The first-order valence-electron chi connectivity index (χ1n) is 5.58. The fourth-order valence-electron chi connectivity index (χ4n) is 1.34. The van der Waals surface area contributed by atoms with Crippen LogP contribution in [0.25, 0.3) is 0 Å². The third-order valence-corrected chi connectivity index (χ3v) is 2.40. The van der Waals surface area contributed by atoms with Crippen LogP contribution in [0, 0.1) is 0 Å². The molecule has 102 valence electrons. The van der Waals surface area contributed by atoms with Crippen molar-refractivity contribution in [3.63, 3.8) is 0 Å². The number of hydrogen-bond donors (Lipinski definition) is 6. The van der Waals surface area contributed by atoms with E-state index in [1.165, 1.54) is 0 Å². The average Bonchev–Trinajstić information content (AvgIpc) is 2.36. The highest BCUT2D eigenvalue weighted by Crippen LogP contribution is 2.17. The van der Waals surface area contributed by atoms with Crippen LogP contribution in [0.1, 0.15) is 6.92 Å². The van der Waals surface area contributed by atoms with Crippen LogP contribution >= 0.6 is 0 Å². The Morgan fingerprint density at radius 3 is 2.22 bits per heavy atom. The zero-order chi connectivity index (χ0) is 13.6. The van der Waals surface area contributed by atoms with Crippen molar-refractivity contribution >= 4 is 17.6 Å². The second-order valence-corrected chi connectivity index (χ2v) is 3.91. The predicted octanol–water partition coefficient (Wildman–Crippen LogP) is -1.38. The molecule has 0 aromatic carbocycles. The maximum Gasteiger partial charge on any atom is 0.223 e. The molecule has 0 saturated carbocycles. The zero-order valence-electron chi connectivity index (χ0n) is 10.2. The summed E-state index contributed by atoms with van der Waals surface area (Å²) in [4.78, 5) is 7.89. The van der Waals surface area contributed by atoms with Crippen LogP contribution in [0.2, 0.25) is 0 Å². The van der Waals surface area contributed by atoms with Gasteiger partial charge in [0.25, 0.3) is 0 Å². The van der Waals surface area contributed by atoms with Gasteiger partial charge in [0.15, 0.2) is 0 Å². The van der Waals surface area contributed by atoms with Crippen molar-refractivity contribution in [1.82, 2.24) is 9.97 Å². The largest absolute Gasteiger partial charge is 0.394 e. The number of nitrogen functional groups attached to an aromatic ring is 1. The molecule has 0 spiro atoms. The standard InChI is InChI=1S/C10H19N5O3/c1-2-12-7-3-8(14-9(11)13-7)15-10(4-16,5-17)6-18/h3,16-18H,2,4-6H2,1H3,(H4,11,12,13,14,15). The number of hydrogen-bond acceptors (Lipinski definition) is 8. The van der Waals surface area contributed by atoms with Gasteiger partial charge in [0, 0.05) is 12.6 Å². The van der Waals surface area contributed by atoms with E-state index in [2.05, 4.69) is 20.6 Å². The van der Waals surface area contributed by atoms with Crippen LogP contribution in [0.3, 0.4) is 0 Å². The summed E-state index contributed by atoms with van der Waals surface area (Å²) in [5.41, 5.74) is 4.30.